The van der Waals surface area contributed by atoms with E-state index in [1.165, 1.54) is 18.2 Å². The Morgan fingerprint density at radius 2 is 1.59 bits per heavy atom. The van der Waals surface area contributed by atoms with E-state index < -0.39 is 34.7 Å². The molecule has 5 rings (SSSR count). The van der Waals surface area contributed by atoms with E-state index in [0.29, 0.717) is 28.1 Å². The van der Waals surface area contributed by atoms with E-state index in [-0.39, 0.29) is 11.4 Å². The second kappa shape index (κ2) is 14.2. The first-order valence-electron chi connectivity index (χ1n) is 14.3. The Bertz CT molecular complexity index is 1900. The van der Waals surface area contributed by atoms with Crippen molar-refractivity contribution in [2.75, 3.05) is 10.6 Å². The van der Waals surface area contributed by atoms with E-state index in [0.717, 1.165) is 28.7 Å². The zero-order chi connectivity index (χ0) is 32.7. The van der Waals surface area contributed by atoms with Crippen LogP contribution in [0.2, 0.25) is 0 Å². The van der Waals surface area contributed by atoms with Crippen molar-refractivity contribution in [3.63, 3.8) is 0 Å². The maximum absolute atomic E-state index is 13.6. The Kier molecular flexibility index (Phi) is 9.92. The fraction of sp³-hybridized carbons (Fsp3) is 0.114. The number of amides is 3. The lowest BCUT2D eigenvalue weighted by Gasteiger charge is -2.18. The lowest BCUT2D eigenvalue weighted by atomic mass is 10.1. The maximum atomic E-state index is 13.6. The molecule has 0 bridgehead atoms. The van der Waals surface area contributed by atoms with Gasteiger partial charge in [-0.15, -0.1) is 11.8 Å². The third-order valence-electron chi connectivity index (χ3n) is 6.97. The summed E-state index contributed by atoms with van der Waals surface area (Å²) in [4.78, 5) is 43.4. The third-order valence-corrected chi connectivity index (χ3v) is 8.33. The summed E-state index contributed by atoms with van der Waals surface area (Å²) in [7, 11) is 0. The van der Waals surface area contributed by atoms with Crippen molar-refractivity contribution in [3.8, 4) is 0 Å². The number of benzene rings is 4. The quantitative estimate of drug-likeness (QED) is 0.0913. The predicted octanol–water partition coefficient (Wildman–Crippen LogP) is 8.11. The largest absolute Gasteiger partial charge is 0.418 e. The molecule has 0 fully saturated rings. The number of rotatable bonds is 10. The van der Waals surface area contributed by atoms with Gasteiger partial charge in [0.05, 0.1) is 16.5 Å². The van der Waals surface area contributed by atoms with Gasteiger partial charge < -0.3 is 20.9 Å². The number of nitrogens with one attached hydrogen (secondary N) is 4. The number of fused-ring (bicyclic) bond motifs is 1. The molecule has 7 nitrogen and oxygen atoms in total. The molecule has 5 aromatic rings. The van der Waals surface area contributed by atoms with Crippen LogP contribution in [0.5, 0.6) is 0 Å². The fourth-order valence-electron chi connectivity index (χ4n) is 4.70. The second-order valence-electron chi connectivity index (χ2n) is 10.2. The highest BCUT2D eigenvalue weighted by Crippen LogP contribution is 2.35. The van der Waals surface area contributed by atoms with E-state index in [1.807, 2.05) is 24.3 Å². The minimum absolute atomic E-state index is 0.00537. The smallest absolute Gasteiger partial charge is 0.361 e. The molecule has 4 aromatic carbocycles. The standard InChI is InChI=1S/C35H29F3N4O3S/c1-2-31(34(45)41-29-18-9-7-16-27(29)35(36,37)38)46-25-14-10-13-24(20-25)40-33(44)30(42-32(43)22-11-4-3-5-12-22)19-23-21-39-28-17-8-6-15-26(23)28/h3-21,31,39H,2H2,1H3,(H,40,44)(H,41,45)(H,42,43)/b30-19-. The van der Waals surface area contributed by atoms with Gasteiger partial charge in [-0.05, 0) is 61.0 Å². The van der Waals surface area contributed by atoms with Crippen molar-refractivity contribution in [2.24, 2.45) is 0 Å². The average molecular weight is 643 g/mol. The Morgan fingerprint density at radius 3 is 2.35 bits per heavy atom. The Hall–Kier alpha value is -5.29. The zero-order valence-corrected chi connectivity index (χ0v) is 25.3. The van der Waals surface area contributed by atoms with Gasteiger partial charge in [-0.1, -0.05) is 61.5 Å². The number of para-hydroxylation sites is 2. The molecular formula is C35H29F3N4O3S. The number of alkyl halides is 3. The topological polar surface area (TPSA) is 103 Å². The zero-order valence-electron chi connectivity index (χ0n) is 24.5. The number of carbonyl (C=O) groups excluding carboxylic acids is 3. The molecule has 0 spiro atoms. The van der Waals surface area contributed by atoms with Gasteiger partial charge in [-0.25, -0.2) is 0 Å². The van der Waals surface area contributed by atoms with Gasteiger partial charge in [-0.3, -0.25) is 14.4 Å². The molecule has 4 N–H and O–H groups in total. The molecule has 3 amide bonds. The highest BCUT2D eigenvalue weighted by molar-refractivity contribution is 8.00. The van der Waals surface area contributed by atoms with Crippen molar-refractivity contribution in [3.05, 3.63) is 132 Å². The summed E-state index contributed by atoms with van der Waals surface area (Å²) in [6.07, 6.45) is -0.950. The van der Waals surface area contributed by atoms with E-state index in [4.69, 9.17) is 0 Å². The van der Waals surface area contributed by atoms with Gasteiger partial charge in [0.15, 0.2) is 0 Å². The molecule has 46 heavy (non-hydrogen) atoms. The summed E-state index contributed by atoms with van der Waals surface area (Å²) >= 11 is 1.16. The van der Waals surface area contributed by atoms with Crippen LogP contribution in [0.15, 0.2) is 120 Å². The number of carbonyl (C=O) groups is 3. The minimum atomic E-state index is -4.62. The number of H-pyrrole nitrogens is 1. The predicted molar refractivity (Wildman–Crippen MR) is 175 cm³/mol. The van der Waals surface area contributed by atoms with E-state index in [9.17, 15) is 27.6 Å². The van der Waals surface area contributed by atoms with Crippen LogP contribution in [0.1, 0.15) is 34.8 Å². The number of aromatic nitrogens is 1. The SMILES string of the molecule is CCC(Sc1cccc(NC(=O)/C(=C/c2c[nH]c3ccccc23)NC(=O)c2ccccc2)c1)C(=O)Nc1ccccc1C(F)(F)F. The van der Waals surface area contributed by atoms with Crippen LogP contribution in [0.25, 0.3) is 17.0 Å². The number of hydrogen-bond donors (Lipinski definition) is 4. The van der Waals surface area contributed by atoms with Crippen LogP contribution in [-0.4, -0.2) is 28.0 Å². The first kappa shape index (κ1) is 32.1. The highest BCUT2D eigenvalue weighted by Gasteiger charge is 2.34. The van der Waals surface area contributed by atoms with Crippen LogP contribution in [0.3, 0.4) is 0 Å². The Morgan fingerprint density at radius 1 is 0.870 bits per heavy atom. The van der Waals surface area contributed by atoms with Crippen molar-refractivity contribution in [1.29, 1.82) is 0 Å². The number of anilines is 2. The van der Waals surface area contributed by atoms with E-state index in [1.54, 1.807) is 73.8 Å². The van der Waals surface area contributed by atoms with Gasteiger partial charge in [0.1, 0.15) is 5.70 Å². The molecule has 0 saturated carbocycles. The van der Waals surface area contributed by atoms with Gasteiger partial charge >= 0.3 is 6.18 Å². The summed E-state index contributed by atoms with van der Waals surface area (Å²) in [5.41, 5.74) is 1.10. The lowest BCUT2D eigenvalue weighted by molar-refractivity contribution is -0.137. The monoisotopic (exact) mass is 642 g/mol. The Balaban J connectivity index is 1.34. The van der Waals surface area contributed by atoms with E-state index >= 15 is 0 Å². The number of thioether (sulfide) groups is 1. The van der Waals surface area contributed by atoms with Crippen LogP contribution >= 0.6 is 11.8 Å². The summed E-state index contributed by atoms with van der Waals surface area (Å²) in [6, 6.07) is 27.6. The summed E-state index contributed by atoms with van der Waals surface area (Å²) in [6.45, 7) is 1.76. The summed E-state index contributed by atoms with van der Waals surface area (Å²) in [5, 5.41) is 8.10. The molecule has 234 valence electrons. The highest BCUT2D eigenvalue weighted by atomic mass is 32.2. The second-order valence-corrected chi connectivity index (χ2v) is 11.5. The van der Waals surface area contributed by atoms with Crippen molar-refractivity contribution in [2.45, 2.75) is 29.7 Å². The maximum Gasteiger partial charge on any atom is 0.418 e. The van der Waals surface area contributed by atoms with E-state index in [2.05, 4.69) is 20.9 Å². The molecule has 1 unspecified atom stereocenters. The summed E-state index contributed by atoms with van der Waals surface area (Å²) < 4.78 is 40.3. The Labute approximate surface area is 267 Å². The molecule has 0 saturated heterocycles. The van der Waals surface area contributed by atoms with Crippen LogP contribution in [-0.2, 0) is 15.8 Å². The molecule has 1 atom stereocenters. The normalized spacial score (nSPS) is 12.4. The molecule has 1 heterocycles. The van der Waals surface area contributed by atoms with Gasteiger partial charge in [-0.2, -0.15) is 13.2 Å². The van der Waals surface area contributed by atoms with Crippen molar-refractivity contribution < 1.29 is 27.6 Å². The fourth-order valence-corrected chi connectivity index (χ4v) is 5.71. The number of aromatic amines is 1. The first-order chi connectivity index (χ1) is 22.1. The number of halogens is 3. The lowest BCUT2D eigenvalue weighted by Crippen LogP contribution is -2.30. The molecule has 0 aliphatic heterocycles. The van der Waals surface area contributed by atoms with Crippen LogP contribution in [0.4, 0.5) is 24.5 Å². The van der Waals surface area contributed by atoms with Gasteiger partial charge in [0, 0.05) is 38.8 Å². The molecule has 11 heteroatoms. The van der Waals surface area contributed by atoms with Crippen molar-refractivity contribution >= 4 is 57.8 Å². The number of hydrogen-bond acceptors (Lipinski definition) is 4. The molecule has 0 aliphatic carbocycles. The molecule has 0 aliphatic rings. The minimum Gasteiger partial charge on any atom is -0.361 e. The summed E-state index contributed by atoms with van der Waals surface area (Å²) in [5.74, 6) is -1.62. The first-order valence-corrected chi connectivity index (χ1v) is 15.2. The average Bonchev–Trinajstić information content (AvgIpc) is 3.46. The van der Waals surface area contributed by atoms with Gasteiger partial charge in [0.2, 0.25) is 5.91 Å². The van der Waals surface area contributed by atoms with Crippen LogP contribution in [0, 0.1) is 0 Å². The van der Waals surface area contributed by atoms with Crippen LogP contribution < -0.4 is 16.0 Å². The molecular weight excluding hydrogens is 613 g/mol. The van der Waals surface area contributed by atoms with Crippen molar-refractivity contribution in [1.82, 2.24) is 10.3 Å². The molecule has 0 radical (unpaired) electrons. The molecule has 1 aromatic heterocycles. The third kappa shape index (κ3) is 7.86. The van der Waals surface area contributed by atoms with Gasteiger partial charge in [0.25, 0.3) is 11.8 Å².